The highest BCUT2D eigenvalue weighted by Gasteiger charge is 2.44. The molecule has 0 aromatic heterocycles. The summed E-state index contributed by atoms with van der Waals surface area (Å²) in [5.41, 5.74) is 3.69. The predicted molar refractivity (Wildman–Crippen MR) is 91.1 cm³/mol. The van der Waals surface area contributed by atoms with Crippen LogP contribution in [0.15, 0.2) is 12.1 Å². The second-order valence-corrected chi connectivity index (χ2v) is 7.60. The van der Waals surface area contributed by atoms with Gasteiger partial charge in [-0.1, -0.05) is 0 Å². The molecule has 1 aromatic rings. The van der Waals surface area contributed by atoms with Gasteiger partial charge in [0.15, 0.2) is 0 Å². The summed E-state index contributed by atoms with van der Waals surface area (Å²) in [5.74, 6) is -0.754. The number of benzene rings is 1. The van der Waals surface area contributed by atoms with Gasteiger partial charge < -0.3 is 15.0 Å². The Morgan fingerprint density at radius 1 is 1.12 bits per heavy atom. The molecule has 26 heavy (non-hydrogen) atoms. The van der Waals surface area contributed by atoms with Crippen molar-refractivity contribution in [2.45, 2.75) is 50.5 Å². The van der Waals surface area contributed by atoms with E-state index in [1.807, 2.05) is 6.07 Å². The third kappa shape index (κ3) is 2.23. The third-order valence-corrected chi connectivity index (χ3v) is 6.15. The van der Waals surface area contributed by atoms with E-state index in [0.29, 0.717) is 25.1 Å². The van der Waals surface area contributed by atoms with Crippen molar-refractivity contribution >= 4 is 17.7 Å². The highest BCUT2D eigenvalue weighted by atomic mass is 16.5. The largest absolute Gasteiger partial charge is 0.365 e. The first-order chi connectivity index (χ1) is 12.6. The minimum Gasteiger partial charge on any atom is -0.365 e. The van der Waals surface area contributed by atoms with Crippen LogP contribution in [0.4, 0.5) is 0 Å². The molecule has 0 aliphatic carbocycles. The number of nitrogens with zero attached hydrogens (tertiary/aromatic N) is 1. The first-order valence-corrected chi connectivity index (χ1v) is 9.23. The Balaban J connectivity index is 1.47. The maximum Gasteiger partial charge on any atom is 0.255 e. The minimum atomic E-state index is -0.563. The first kappa shape index (κ1) is 16.0. The highest BCUT2D eigenvalue weighted by molar-refractivity contribution is 6.05. The molecule has 1 aromatic carbocycles. The van der Waals surface area contributed by atoms with E-state index in [4.69, 9.17) is 4.74 Å². The third-order valence-electron chi connectivity index (χ3n) is 6.15. The van der Waals surface area contributed by atoms with Gasteiger partial charge in [0.05, 0.1) is 12.2 Å². The molecule has 0 bridgehead atoms. The van der Waals surface area contributed by atoms with Gasteiger partial charge in [0.1, 0.15) is 6.04 Å². The first-order valence-electron chi connectivity index (χ1n) is 9.23. The molecule has 2 N–H and O–H groups in total. The Morgan fingerprint density at radius 3 is 2.69 bits per heavy atom. The number of ether oxygens (including phenoxy) is 1. The van der Waals surface area contributed by atoms with E-state index in [9.17, 15) is 14.4 Å². The zero-order valence-electron chi connectivity index (χ0n) is 14.5. The summed E-state index contributed by atoms with van der Waals surface area (Å²) >= 11 is 0. The molecule has 2 saturated heterocycles. The fourth-order valence-corrected chi connectivity index (χ4v) is 4.74. The summed E-state index contributed by atoms with van der Waals surface area (Å²) in [6, 6.07) is 3.51. The number of amides is 3. The van der Waals surface area contributed by atoms with Crippen LogP contribution in [0.5, 0.6) is 0 Å². The van der Waals surface area contributed by atoms with Gasteiger partial charge >= 0.3 is 0 Å². The molecular formula is C19H21N3O4. The molecule has 0 radical (unpaired) electrons. The van der Waals surface area contributed by atoms with Crippen molar-refractivity contribution in [3.63, 3.8) is 0 Å². The lowest BCUT2D eigenvalue weighted by Crippen LogP contribution is -2.52. The average molecular weight is 355 g/mol. The number of nitrogens with one attached hydrogen (secondary N) is 2. The normalized spacial score (nSPS) is 26.8. The van der Waals surface area contributed by atoms with Gasteiger partial charge in [0, 0.05) is 18.5 Å². The van der Waals surface area contributed by atoms with Crippen molar-refractivity contribution in [3.8, 4) is 0 Å². The van der Waals surface area contributed by atoms with Crippen molar-refractivity contribution < 1.29 is 19.1 Å². The van der Waals surface area contributed by atoms with E-state index in [1.54, 1.807) is 4.90 Å². The SMILES string of the molecule is O=C1CCC(N2Cc3cc4c(cc3C2=O)COC42CCNCC2)C(=O)N1. The van der Waals surface area contributed by atoms with Gasteiger partial charge in [-0.2, -0.15) is 0 Å². The van der Waals surface area contributed by atoms with Gasteiger partial charge in [-0.15, -0.1) is 0 Å². The summed E-state index contributed by atoms with van der Waals surface area (Å²) in [5, 5.41) is 5.72. The Morgan fingerprint density at radius 2 is 1.92 bits per heavy atom. The van der Waals surface area contributed by atoms with Crippen LogP contribution in [0.3, 0.4) is 0 Å². The Hall–Kier alpha value is -2.25. The van der Waals surface area contributed by atoms with Crippen LogP contribution in [0.2, 0.25) is 0 Å². The number of fused-ring (bicyclic) bond motifs is 3. The van der Waals surface area contributed by atoms with Crippen LogP contribution >= 0.6 is 0 Å². The molecule has 5 rings (SSSR count). The quantitative estimate of drug-likeness (QED) is 0.719. The number of carbonyl (C=O) groups is 3. The lowest BCUT2D eigenvalue weighted by molar-refractivity contribution is -0.136. The van der Waals surface area contributed by atoms with E-state index < -0.39 is 6.04 Å². The fourth-order valence-electron chi connectivity index (χ4n) is 4.74. The summed E-state index contributed by atoms with van der Waals surface area (Å²) in [4.78, 5) is 38.1. The molecule has 4 aliphatic rings. The fraction of sp³-hybridized carbons (Fsp3) is 0.526. The van der Waals surface area contributed by atoms with Crippen LogP contribution in [-0.4, -0.2) is 41.8 Å². The monoisotopic (exact) mass is 355 g/mol. The topological polar surface area (TPSA) is 87.7 Å². The van der Waals surface area contributed by atoms with Gasteiger partial charge in [-0.3, -0.25) is 19.7 Å². The number of rotatable bonds is 1. The van der Waals surface area contributed by atoms with Crippen molar-refractivity contribution in [3.05, 3.63) is 34.4 Å². The van der Waals surface area contributed by atoms with E-state index in [0.717, 1.165) is 37.1 Å². The molecule has 7 nitrogen and oxygen atoms in total. The summed E-state index contributed by atoms with van der Waals surface area (Å²) in [6.45, 7) is 2.81. The maximum absolute atomic E-state index is 12.9. The highest BCUT2D eigenvalue weighted by Crippen LogP contribution is 2.45. The number of hydrogen-bond donors (Lipinski definition) is 2. The molecule has 4 aliphatic heterocycles. The van der Waals surface area contributed by atoms with Crippen molar-refractivity contribution in [1.82, 2.24) is 15.5 Å². The summed E-state index contributed by atoms with van der Waals surface area (Å²) in [6.07, 6.45) is 2.53. The summed E-state index contributed by atoms with van der Waals surface area (Å²) < 4.78 is 6.17. The van der Waals surface area contributed by atoms with Crippen LogP contribution < -0.4 is 10.6 Å². The van der Waals surface area contributed by atoms with Crippen LogP contribution in [0.1, 0.15) is 52.7 Å². The lowest BCUT2D eigenvalue weighted by atomic mass is 9.83. The number of imide groups is 1. The second-order valence-electron chi connectivity index (χ2n) is 7.60. The maximum atomic E-state index is 12.9. The van der Waals surface area contributed by atoms with E-state index >= 15 is 0 Å². The Labute approximate surface area is 151 Å². The van der Waals surface area contributed by atoms with E-state index in [2.05, 4.69) is 16.7 Å². The van der Waals surface area contributed by atoms with Crippen LogP contribution in [0.25, 0.3) is 0 Å². The number of carbonyl (C=O) groups excluding carboxylic acids is 3. The van der Waals surface area contributed by atoms with Gasteiger partial charge in [0.2, 0.25) is 11.8 Å². The molecule has 4 heterocycles. The molecule has 1 spiro atoms. The zero-order chi connectivity index (χ0) is 17.9. The molecular weight excluding hydrogens is 334 g/mol. The summed E-state index contributed by atoms with van der Waals surface area (Å²) in [7, 11) is 0. The molecule has 0 saturated carbocycles. The standard InChI is InChI=1S/C19H21N3O4/c23-16-2-1-15(17(24)21-16)22-9-11-8-14-12(7-13(11)18(22)25)10-26-19(14)3-5-20-6-4-19/h7-8,15,20H,1-6,9-10H2,(H,21,23,24). The predicted octanol–water partition coefficient (Wildman–Crippen LogP) is 0.557. The molecule has 136 valence electrons. The van der Waals surface area contributed by atoms with Gasteiger partial charge in [-0.05, 0) is 61.2 Å². The van der Waals surface area contributed by atoms with Crippen LogP contribution in [-0.2, 0) is 33.1 Å². The van der Waals surface area contributed by atoms with E-state index in [1.165, 1.54) is 5.56 Å². The Kier molecular flexibility index (Phi) is 3.45. The number of hydrogen-bond acceptors (Lipinski definition) is 5. The van der Waals surface area contributed by atoms with Gasteiger partial charge in [0.25, 0.3) is 5.91 Å². The molecule has 1 unspecified atom stereocenters. The van der Waals surface area contributed by atoms with Crippen molar-refractivity contribution in [2.75, 3.05) is 13.1 Å². The van der Waals surface area contributed by atoms with Crippen LogP contribution in [0, 0.1) is 0 Å². The molecule has 2 fully saturated rings. The zero-order valence-corrected chi connectivity index (χ0v) is 14.5. The second kappa shape index (κ2) is 5.62. The lowest BCUT2D eigenvalue weighted by Gasteiger charge is -2.34. The minimum absolute atomic E-state index is 0.122. The molecule has 1 atom stereocenters. The van der Waals surface area contributed by atoms with Crippen molar-refractivity contribution in [2.24, 2.45) is 0 Å². The Bertz CT molecular complexity index is 828. The molecule has 3 amide bonds. The number of piperidine rings is 2. The van der Waals surface area contributed by atoms with Crippen molar-refractivity contribution in [1.29, 1.82) is 0 Å². The smallest absolute Gasteiger partial charge is 0.255 e. The van der Waals surface area contributed by atoms with E-state index in [-0.39, 0.29) is 29.7 Å². The van der Waals surface area contributed by atoms with Gasteiger partial charge in [-0.25, -0.2) is 0 Å². The molecule has 7 heteroatoms. The average Bonchev–Trinajstić information content (AvgIpc) is 3.13.